The summed E-state index contributed by atoms with van der Waals surface area (Å²) in [6, 6.07) is 21.3. The number of hydrogen-bond donors (Lipinski definition) is 1. The number of nitrogens with zero attached hydrogens (tertiary/aromatic N) is 2. The standard InChI is InChI=1S/C25H24ClN3O/c1-16-12-13-17(2)19(14-16)15-29-23-11-7-6-10-22(23)28-24(29)18(3)27-25(30)20-8-4-5-9-21(20)26/h4-14,18H,15H2,1-3H3,(H,27,30). The molecule has 0 fully saturated rings. The van der Waals surface area contributed by atoms with Crippen molar-refractivity contribution in [3.05, 3.63) is 99.8 Å². The number of para-hydroxylation sites is 2. The minimum absolute atomic E-state index is 0.210. The van der Waals surface area contributed by atoms with Gasteiger partial charge in [-0.15, -0.1) is 0 Å². The predicted octanol–water partition coefficient (Wildman–Crippen LogP) is 5.85. The number of halogens is 1. The Morgan fingerprint density at radius 1 is 1.07 bits per heavy atom. The summed E-state index contributed by atoms with van der Waals surface area (Å²) in [5.41, 5.74) is 6.12. The van der Waals surface area contributed by atoms with Gasteiger partial charge in [0, 0.05) is 6.54 Å². The molecule has 0 bridgehead atoms. The van der Waals surface area contributed by atoms with Gasteiger partial charge < -0.3 is 9.88 Å². The fourth-order valence-electron chi connectivity index (χ4n) is 3.72. The molecule has 1 N–H and O–H groups in total. The normalized spacial score (nSPS) is 12.1. The summed E-state index contributed by atoms with van der Waals surface area (Å²) < 4.78 is 2.19. The molecule has 4 aromatic rings. The maximum Gasteiger partial charge on any atom is 0.253 e. The Bertz CT molecular complexity index is 1230. The zero-order valence-electron chi connectivity index (χ0n) is 17.3. The predicted molar refractivity (Wildman–Crippen MR) is 122 cm³/mol. The molecule has 0 saturated carbocycles. The first kappa shape index (κ1) is 20.2. The SMILES string of the molecule is Cc1ccc(C)c(Cn2c(C(C)NC(=O)c3ccccc3Cl)nc3ccccc32)c1. The first-order valence-electron chi connectivity index (χ1n) is 10.0. The van der Waals surface area contributed by atoms with Gasteiger partial charge in [0.2, 0.25) is 0 Å². The average molecular weight is 418 g/mol. The largest absolute Gasteiger partial charge is 0.342 e. The van der Waals surface area contributed by atoms with Crippen LogP contribution < -0.4 is 5.32 Å². The van der Waals surface area contributed by atoms with Crippen molar-refractivity contribution in [3.63, 3.8) is 0 Å². The lowest BCUT2D eigenvalue weighted by atomic mass is 10.1. The highest BCUT2D eigenvalue weighted by Gasteiger charge is 2.20. The second-order valence-electron chi connectivity index (χ2n) is 7.65. The van der Waals surface area contributed by atoms with Crippen LogP contribution in [0.25, 0.3) is 11.0 Å². The molecular formula is C25H24ClN3O. The first-order chi connectivity index (χ1) is 14.4. The minimum atomic E-state index is -0.286. The third-order valence-electron chi connectivity index (χ3n) is 5.37. The van der Waals surface area contributed by atoms with E-state index in [4.69, 9.17) is 16.6 Å². The fraction of sp³-hybridized carbons (Fsp3) is 0.200. The summed E-state index contributed by atoms with van der Waals surface area (Å²) >= 11 is 6.20. The molecule has 152 valence electrons. The van der Waals surface area contributed by atoms with Crippen LogP contribution in [0.4, 0.5) is 0 Å². The summed E-state index contributed by atoms with van der Waals surface area (Å²) in [6.07, 6.45) is 0. The van der Waals surface area contributed by atoms with Crippen LogP contribution in [0.2, 0.25) is 5.02 Å². The molecule has 1 atom stereocenters. The summed E-state index contributed by atoms with van der Waals surface area (Å²) in [5, 5.41) is 3.50. The molecule has 1 aromatic heterocycles. The topological polar surface area (TPSA) is 46.9 Å². The summed E-state index contributed by atoms with van der Waals surface area (Å²) in [4.78, 5) is 17.6. The van der Waals surface area contributed by atoms with E-state index < -0.39 is 0 Å². The van der Waals surface area contributed by atoms with Gasteiger partial charge in [-0.1, -0.05) is 59.6 Å². The highest BCUT2D eigenvalue weighted by atomic mass is 35.5. The van der Waals surface area contributed by atoms with Crippen LogP contribution in [0.1, 0.15) is 45.8 Å². The molecule has 1 amide bonds. The number of nitrogens with one attached hydrogen (secondary N) is 1. The first-order valence-corrected chi connectivity index (χ1v) is 10.4. The Kier molecular flexibility index (Phi) is 5.60. The third-order valence-corrected chi connectivity index (χ3v) is 5.70. The number of carbonyl (C=O) groups is 1. The van der Waals surface area contributed by atoms with E-state index in [1.54, 1.807) is 18.2 Å². The Balaban J connectivity index is 1.71. The molecule has 0 aliphatic carbocycles. The van der Waals surface area contributed by atoms with Gasteiger partial charge in [-0.3, -0.25) is 4.79 Å². The third kappa shape index (κ3) is 3.96. The second kappa shape index (κ2) is 8.33. The van der Waals surface area contributed by atoms with Crippen LogP contribution in [-0.4, -0.2) is 15.5 Å². The Morgan fingerprint density at radius 3 is 2.60 bits per heavy atom. The van der Waals surface area contributed by atoms with E-state index in [0.29, 0.717) is 17.1 Å². The molecule has 0 aliphatic rings. The van der Waals surface area contributed by atoms with Crippen molar-refractivity contribution in [2.24, 2.45) is 0 Å². The second-order valence-corrected chi connectivity index (χ2v) is 8.06. The Hall–Kier alpha value is -3.11. The van der Waals surface area contributed by atoms with Gasteiger partial charge in [0.05, 0.1) is 27.7 Å². The minimum Gasteiger partial charge on any atom is -0.342 e. The fourth-order valence-corrected chi connectivity index (χ4v) is 3.94. The molecule has 3 aromatic carbocycles. The van der Waals surface area contributed by atoms with Crippen molar-refractivity contribution < 1.29 is 4.79 Å². The van der Waals surface area contributed by atoms with Gasteiger partial charge >= 0.3 is 0 Å². The van der Waals surface area contributed by atoms with Crippen LogP contribution in [-0.2, 0) is 6.54 Å². The van der Waals surface area contributed by atoms with E-state index in [-0.39, 0.29) is 11.9 Å². The molecule has 0 aliphatic heterocycles. The van der Waals surface area contributed by atoms with Crippen molar-refractivity contribution in [1.29, 1.82) is 0 Å². The maximum absolute atomic E-state index is 12.8. The van der Waals surface area contributed by atoms with Crippen molar-refractivity contribution >= 4 is 28.5 Å². The quantitative estimate of drug-likeness (QED) is 0.443. The van der Waals surface area contributed by atoms with E-state index in [2.05, 4.69) is 48.0 Å². The maximum atomic E-state index is 12.8. The van der Waals surface area contributed by atoms with Gasteiger partial charge in [0.25, 0.3) is 5.91 Å². The van der Waals surface area contributed by atoms with Crippen LogP contribution >= 0.6 is 11.6 Å². The summed E-state index contributed by atoms with van der Waals surface area (Å²) in [5.74, 6) is 0.607. The molecule has 4 nitrogen and oxygen atoms in total. The molecule has 0 spiro atoms. The van der Waals surface area contributed by atoms with Gasteiger partial charge in [-0.25, -0.2) is 4.98 Å². The number of carbonyl (C=O) groups excluding carboxylic acids is 1. The van der Waals surface area contributed by atoms with Crippen molar-refractivity contribution in [2.45, 2.75) is 33.4 Å². The smallest absolute Gasteiger partial charge is 0.253 e. The molecule has 5 heteroatoms. The molecule has 1 unspecified atom stereocenters. The highest BCUT2D eigenvalue weighted by Crippen LogP contribution is 2.24. The Morgan fingerprint density at radius 2 is 1.80 bits per heavy atom. The monoisotopic (exact) mass is 417 g/mol. The number of aromatic nitrogens is 2. The van der Waals surface area contributed by atoms with Crippen molar-refractivity contribution in [3.8, 4) is 0 Å². The van der Waals surface area contributed by atoms with Crippen LogP contribution in [0.5, 0.6) is 0 Å². The van der Waals surface area contributed by atoms with Crippen LogP contribution in [0.15, 0.2) is 66.7 Å². The molecule has 0 radical (unpaired) electrons. The van der Waals surface area contributed by atoms with E-state index in [1.807, 2.05) is 31.2 Å². The van der Waals surface area contributed by atoms with Crippen LogP contribution in [0.3, 0.4) is 0 Å². The highest BCUT2D eigenvalue weighted by molar-refractivity contribution is 6.33. The molecule has 0 saturated heterocycles. The van der Waals surface area contributed by atoms with Crippen molar-refractivity contribution in [2.75, 3.05) is 0 Å². The molecule has 4 rings (SSSR count). The van der Waals surface area contributed by atoms with Gasteiger partial charge in [-0.05, 0) is 56.2 Å². The lowest BCUT2D eigenvalue weighted by Gasteiger charge is -2.18. The van der Waals surface area contributed by atoms with Gasteiger partial charge in [0.1, 0.15) is 5.82 Å². The number of benzene rings is 3. The zero-order valence-corrected chi connectivity index (χ0v) is 18.1. The number of aryl methyl sites for hydroxylation is 2. The molecule has 30 heavy (non-hydrogen) atoms. The number of rotatable bonds is 5. The summed E-state index contributed by atoms with van der Waals surface area (Å²) in [6.45, 7) is 6.86. The number of imidazole rings is 1. The van der Waals surface area contributed by atoms with Gasteiger partial charge in [0.15, 0.2) is 0 Å². The van der Waals surface area contributed by atoms with E-state index in [9.17, 15) is 4.79 Å². The van der Waals surface area contributed by atoms with Crippen molar-refractivity contribution in [1.82, 2.24) is 14.9 Å². The van der Waals surface area contributed by atoms with E-state index in [0.717, 1.165) is 16.9 Å². The number of fused-ring (bicyclic) bond motifs is 1. The Labute approximate surface area is 181 Å². The molecule has 1 heterocycles. The zero-order chi connectivity index (χ0) is 21.3. The lowest BCUT2D eigenvalue weighted by Crippen LogP contribution is -2.29. The van der Waals surface area contributed by atoms with E-state index >= 15 is 0 Å². The van der Waals surface area contributed by atoms with Crippen LogP contribution in [0, 0.1) is 13.8 Å². The number of hydrogen-bond acceptors (Lipinski definition) is 2. The van der Waals surface area contributed by atoms with Gasteiger partial charge in [-0.2, -0.15) is 0 Å². The number of amides is 1. The lowest BCUT2D eigenvalue weighted by molar-refractivity contribution is 0.0938. The average Bonchev–Trinajstić information content (AvgIpc) is 3.09. The summed E-state index contributed by atoms with van der Waals surface area (Å²) in [7, 11) is 0. The van der Waals surface area contributed by atoms with E-state index in [1.165, 1.54) is 16.7 Å². The molecular weight excluding hydrogens is 394 g/mol.